The van der Waals surface area contributed by atoms with E-state index < -0.39 is 10.8 Å². The molecule has 0 aliphatic rings. The van der Waals surface area contributed by atoms with Crippen molar-refractivity contribution in [3.8, 4) is 0 Å². The molecule has 1 amide bonds. The average molecular weight is 291 g/mol. The number of nitrogens with zero attached hydrogens (tertiary/aromatic N) is 3. The number of carbonyl (C=O) groups is 1. The van der Waals surface area contributed by atoms with Crippen LogP contribution in [-0.2, 0) is 6.54 Å². The number of nitro groups is 1. The van der Waals surface area contributed by atoms with Crippen LogP contribution in [0.4, 0.5) is 11.4 Å². The summed E-state index contributed by atoms with van der Waals surface area (Å²) in [6.07, 6.45) is 0. The highest BCUT2D eigenvalue weighted by molar-refractivity contribution is 5.95. The van der Waals surface area contributed by atoms with Gasteiger partial charge >= 0.3 is 0 Å². The van der Waals surface area contributed by atoms with Gasteiger partial charge in [-0.3, -0.25) is 14.9 Å². The Labute approximate surface area is 119 Å². The molecular formula is C12H13N5O4. The van der Waals surface area contributed by atoms with Crippen LogP contribution in [0.2, 0.25) is 0 Å². The number of hydrogen-bond acceptors (Lipinski definition) is 7. The van der Waals surface area contributed by atoms with E-state index in [0.717, 1.165) is 0 Å². The minimum Gasteiger partial charge on any atom is -0.371 e. The molecule has 1 aromatic carbocycles. The van der Waals surface area contributed by atoms with E-state index in [0.29, 0.717) is 11.7 Å². The van der Waals surface area contributed by atoms with Crippen LogP contribution in [0.5, 0.6) is 0 Å². The first kappa shape index (κ1) is 14.4. The molecule has 110 valence electrons. The van der Waals surface area contributed by atoms with E-state index in [4.69, 9.17) is 4.52 Å². The quantitative estimate of drug-likeness (QED) is 0.627. The van der Waals surface area contributed by atoms with Crippen LogP contribution >= 0.6 is 0 Å². The molecule has 1 aromatic heterocycles. The lowest BCUT2D eigenvalue weighted by atomic mass is 10.1. The fourth-order valence-corrected chi connectivity index (χ4v) is 1.70. The van der Waals surface area contributed by atoms with Crippen molar-refractivity contribution in [2.45, 2.75) is 13.5 Å². The molecule has 2 rings (SSSR count). The molecule has 0 saturated carbocycles. The number of hydrogen-bond donors (Lipinski definition) is 2. The second-order valence-electron chi connectivity index (χ2n) is 4.16. The molecule has 0 bridgehead atoms. The topological polar surface area (TPSA) is 123 Å². The van der Waals surface area contributed by atoms with Crippen LogP contribution < -0.4 is 10.6 Å². The van der Waals surface area contributed by atoms with Crippen LogP contribution in [0.15, 0.2) is 22.7 Å². The number of aromatic nitrogens is 2. The van der Waals surface area contributed by atoms with E-state index in [1.54, 1.807) is 6.92 Å². The van der Waals surface area contributed by atoms with Gasteiger partial charge in [0.25, 0.3) is 11.6 Å². The Hall–Kier alpha value is -2.97. The van der Waals surface area contributed by atoms with E-state index >= 15 is 0 Å². The van der Waals surface area contributed by atoms with Gasteiger partial charge in [-0.15, -0.1) is 0 Å². The first-order valence-electron chi connectivity index (χ1n) is 6.05. The van der Waals surface area contributed by atoms with Gasteiger partial charge in [-0.2, -0.15) is 4.98 Å². The minimum absolute atomic E-state index is 0.154. The second kappa shape index (κ2) is 5.99. The number of nitro benzene ring substituents is 1. The summed E-state index contributed by atoms with van der Waals surface area (Å²) in [5.41, 5.74) is 0.277. The average Bonchev–Trinajstić information content (AvgIpc) is 2.89. The summed E-state index contributed by atoms with van der Waals surface area (Å²) in [6.45, 7) is 1.83. The molecule has 21 heavy (non-hydrogen) atoms. The Balaban J connectivity index is 2.22. The van der Waals surface area contributed by atoms with Gasteiger partial charge in [-0.25, -0.2) is 0 Å². The summed E-state index contributed by atoms with van der Waals surface area (Å²) in [5.74, 6) is 0.408. The Morgan fingerprint density at radius 3 is 2.81 bits per heavy atom. The number of carbonyl (C=O) groups excluding carboxylic acids is 1. The molecule has 1 heterocycles. The molecule has 0 aliphatic carbocycles. The highest BCUT2D eigenvalue weighted by Crippen LogP contribution is 2.26. The monoisotopic (exact) mass is 291 g/mol. The van der Waals surface area contributed by atoms with Crippen molar-refractivity contribution in [2.24, 2.45) is 0 Å². The van der Waals surface area contributed by atoms with E-state index in [1.807, 2.05) is 0 Å². The van der Waals surface area contributed by atoms with Gasteiger partial charge in [0.05, 0.1) is 11.5 Å². The van der Waals surface area contributed by atoms with Crippen LogP contribution in [0, 0.1) is 17.0 Å². The summed E-state index contributed by atoms with van der Waals surface area (Å²) in [7, 11) is 1.46. The number of rotatable bonds is 5. The molecule has 0 radical (unpaired) electrons. The van der Waals surface area contributed by atoms with Crippen LogP contribution in [0.1, 0.15) is 22.1 Å². The third kappa shape index (κ3) is 3.32. The highest BCUT2D eigenvalue weighted by Gasteiger charge is 2.17. The maximum Gasteiger partial charge on any atom is 0.293 e. The zero-order valence-corrected chi connectivity index (χ0v) is 11.4. The molecule has 0 aliphatic heterocycles. The molecule has 0 atom stereocenters. The lowest BCUT2D eigenvalue weighted by molar-refractivity contribution is -0.384. The third-order valence-electron chi connectivity index (χ3n) is 2.68. The molecule has 0 spiro atoms. The fraction of sp³-hybridized carbons (Fsp3) is 0.250. The Morgan fingerprint density at radius 1 is 1.48 bits per heavy atom. The fourth-order valence-electron chi connectivity index (χ4n) is 1.70. The molecule has 2 aromatic rings. The van der Waals surface area contributed by atoms with Gasteiger partial charge in [0.2, 0.25) is 5.89 Å². The second-order valence-corrected chi connectivity index (χ2v) is 4.16. The van der Waals surface area contributed by atoms with Gasteiger partial charge < -0.3 is 15.2 Å². The van der Waals surface area contributed by atoms with Crippen molar-refractivity contribution in [1.29, 1.82) is 0 Å². The predicted octanol–water partition coefficient (Wildman–Crippen LogP) is 1.26. The number of benzene rings is 1. The maximum atomic E-state index is 11.5. The molecule has 9 heteroatoms. The van der Waals surface area contributed by atoms with Gasteiger partial charge in [-0.1, -0.05) is 5.16 Å². The summed E-state index contributed by atoms with van der Waals surface area (Å²) in [4.78, 5) is 26.0. The molecule has 0 fully saturated rings. The summed E-state index contributed by atoms with van der Waals surface area (Å²) < 4.78 is 4.91. The zero-order valence-electron chi connectivity index (χ0n) is 11.4. The van der Waals surface area contributed by atoms with Crippen LogP contribution in [-0.4, -0.2) is 28.0 Å². The van der Waals surface area contributed by atoms with E-state index in [2.05, 4.69) is 20.8 Å². The van der Waals surface area contributed by atoms with E-state index in [1.165, 1.54) is 25.2 Å². The molecule has 0 saturated heterocycles. The first-order chi connectivity index (χ1) is 10.0. The summed E-state index contributed by atoms with van der Waals surface area (Å²) >= 11 is 0. The van der Waals surface area contributed by atoms with E-state index in [-0.39, 0.29) is 23.5 Å². The molecule has 2 N–H and O–H groups in total. The van der Waals surface area contributed by atoms with Gasteiger partial charge in [0, 0.05) is 18.7 Å². The summed E-state index contributed by atoms with van der Waals surface area (Å²) in [5, 5.41) is 20.0. The van der Waals surface area contributed by atoms with Crippen molar-refractivity contribution < 1.29 is 14.2 Å². The molecule has 0 unspecified atom stereocenters. The van der Waals surface area contributed by atoms with Crippen LogP contribution in [0.3, 0.4) is 0 Å². The lowest BCUT2D eigenvalue weighted by Gasteiger charge is -2.06. The summed E-state index contributed by atoms with van der Waals surface area (Å²) in [6, 6.07) is 4.17. The predicted molar refractivity (Wildman–Crippen MR) is 72.8 cm³/mol. The highest BCUT2D eigenvalue weighted by atomic mass is 16.6. The van der Waals surface area contributed by atoms with E-state index in [9.17, 15) is 14.9 Å². The van der Waals surface area contributed by atoms with Crippen molar-refractivity contribution in [2.75, 3.05) is 12.4 Å². The number of anilines is 1. The largest absolute Gasteiger partial charge is 0.371 e. The van der Waals surface area contributed by atoms with Crippen molar-refractivity contribution in [3.63, 3.8) is 0 Å². The van der Waals surface area contributed by atoms with Gasteiger partial charge in [-0.05, 0) is 19.1 Å². The SMILES string of the molecule is CNC(=O)c1ccc(NCc2nc(C)no2)c([N+](=O)[O-])c1. The lowest BCUT2D eigenvalue weighted by Crippen LogP contribution is -2.18. The van der Waals surface area contributed by atoms with Crippen LogP contribution in [0.25, 0.3) is 0 Å². The van der Waals surface area contributed by atoms with Crippen molar-refractivity contribution in [1.82, 2.24) is 15.5 Å². The Morgan fingerprint density at radius 2 is 2.24 bits per heavy atom. The van der Waals surface area contributed by atoms with Gasteiger partial charge in [0.15, 0.2) is 5.82 Å². The molecule has 9 nitrogen and oxygen atoms in total. The Bertz CT molecular complexity index is 682. The van der Waals surface area contributed by atoms with Crippen molar-refractivity contribution in [3.05, 3.63) is 45.6 Å². The minimum atomic E-state index is -0.562. The smallest absolute Gasteiger partial charge is 0.293 e. The number of aryl methyl sites for hydroxylation is 1. The maximum absolute atomic E-state index is 11.5. The van der Waals surface area contributed by atoms with Crippen molar-refractivity contribution >= 4 is 17.3 Å². The standard InChI is InChI=1S/C12H13N5O4/c1-7-15-11(21-16-7)6-14-9-4-3-8(12(18)13-2)5-10(9)17(19)20/h3-5,14H,6H2,1-2H3,(H,13,18). The first-order valence-corrected chi connectivity index (χ1v) is 6.05. The zero-order chi connectivity index (χ0) is 15.4. The number of nitrogens with one attached hydrogen (secondary N) is 2. The molecular weight excluding hydrogens is 278 g/mol. The van der Waals surface area contributed by atoms with Gasteiger partial charge in [0.1, 0.15) is 5.69 Å². The Kier molecular flexibility index (Phi) is 4.12. The normalized spacial score (nSPS) is 10.2. The third-order valence-corrected chi connectivity index (χ3v) is 2.68. The number of amides is 1.